The molecule has 0 aliphatic rings. The van der Waals surface area contributed by atoms with Gasteiger partial charge in [-0.25, -0.2) is 0 Å². The van der Waals surface area contributed by atoms with E-state index in [0.29, 0.717) is 5.92 Å². The van der Waals surface area contributed by atoms with Crippen LogP contribution in [0.15, 0.2) is 22.7 Å². The Morgan fingerprint density at radius 3 is 2.47 bits per heavy atom. The summed E-state index contributed by atoms with van der Waals surface area (Å²) < 4.78 is 12.0. The lowest BCUT2D eigenvalue weighted by Gasteiger charge is -2.29. The fourth-order valence-electron chi connectivity index (χ4n) is 2.31. The van der Waals surface area contributed by atoms with E-state index in [1.165, 1.54) is 0 Å². The summed E-state index contributed by atoms with van der Waals surface area (Å²) in [5.74, 6) is 6.92. The van der Waals surface area contributed by atoms with Crippen molar-refractivity contribution in [1.82, 2.24) is 5.43 Å². The monoisotopic (exact) mass is 330 g/mol. The third-order valence-electron chi connectivity index (χ3n) is 3.22. The molecule has 0 saturated heterocycles. The van der Waals surface area contributed by atoms with Crippen LogP contribution in [0.4, 0.5) is 0 Å². The van der Waals surface area contributed by atoms with Crippen LogP contribution in [0.25, 0.3) is 0 Å². The van der Waals surface area contributed by atoms with Crippen LogP contribution < -0.4 is 16.0 Å². The van der Waals surface area contributed by atoms with Crippen molar-refractivity contribution in [2.24, 2.45) is 11.8 Å². The van der Waals surface area contributed by atoms with Crippen molar-refractivity contribution in [2.45, 2.75) is 32.4 Å². The minimum absolute atomic E-state index is 0.0354. The summed E-state index contributed by atoms with van der Waals surface area (Å²) in [7, 11) is 3.39. The van der Waals surface area contributed by atoms with Gasteiger partial charge >= 0.3 is 0 Å². The average Bonchev–Trinajstić information content (AvgIpc) is 2.38. The highest BCUT2D eigenvalue weighted by molar-refractivity contribution is 9.10. The highest BCUT2D eigenvalue weighted by atomic mass is 79.9. The Morgan fingerprint density at radius 1 is 1.32 bits per heavy atom. The van der Waals surface area contributed by atoms with Crippen molar-refractivity contribution in [3.8, 4) is 5.75 Å². The van der Waals surface area contributed by atoms with Gasteiger partial charge in [-0.1, -0.05) is 29.8 Å². The molecule has 0 spiro atoms. The summed E-state index contributed by atoms with van der Waals surface area (Å²) in [5.41, 5.74) is 3.96. The predicted octanol–water partition coefficient (Wildman–Crippen LogP) is 2.50. The molecule has 0 bridgehead atoms. The molecule has 3 N–H and O–H groups in total. The Hall–Kier alpha value is -0.620. The lowest BCUT2D eigenvalue weighted by Crippen LogP contribution is -2.48. The summed E-state index contributed by atoms with van der Waals surface area (Å²) in [6.07, 6.45) is 0.796. The maximum Gasteiger partial charge on any atom is 0.122 e. The maximum atomic E-state index is 5.68. The van der Waals surface area contributed by atoms with Crippen LogP contribution in [-0.4, -0.2) is 26.4 Å². The van der Waals surface area contributed by atoms with Crippen molar-refractivity contribution in [1.29, 1.82) is 0 Å². The molecule has 0 amide bonds. The smallest absolute Gasteiger partial charge is 0.122 e. The molecule has 0 saturated carbocycles. The zero-order valence-corrected chi connectivity index (χ0v) is 13.5. The largest absolute Gasteiger partial charge is 0.496 e. The van der Waals surface area contributed by atoms with Gasteiger partial charge in [0.25, 0.3) is 0 Å². The molecule has 2 unspecified atom stereocenters. The SMILES string of the molecule is COc1ccc(Br)cc1CC(NN)C(OC)C(C)C. The Labute approximate surface area is 123 Å². The van der Waals surface area contributed by atoms with Crippen LogP contribution >= 0.6 is 15.9 Å². The number of nitrogens with one attached hydrogen (secondary N) is 1. The Morgan fingerprint density at radius 2 is 2.00 bits per heavy atom. The number of nitrogens with two attached hydrogens (primary N) is 1. The van der Waals surface area contributed by atoms with Gasteiger partial charge in [0.15, 0.2) is 0 Å². The molecular weight excluding hydrogens is 308 g/mol. The summed E-state index contributed by atoms with van der Waals surface area (Å²) in [5, 5.41) is 0. The van der Waals surface area contributed by atoms with Crippen LogP contribution in [0.5, 0.6) is 5.75 Å². The summed E-state index contributed by atoms with van der Waals surface area (Å²) in [6, 6.07) is 6.00. The molecule has 108 valence electrons. The Balaban J connectivity index is 2.94. The number of halogens is 1. The molecule has 19 heavy (non-hydrogen) atoms. The van der Waals surface area contributed by atoms with Crippen molar-refractivity contribution >= 4 is 15.9 Å². The number of ether oxygens (including phenoxy) is 2. The molecule has 1 rings (SSSR count). The lowest BCUT2D eigenvalue weighted by atomic mass is 9.94. The average molecular weight is 331 g/mol. The molecule has 0 aliphatic carbocycles. The standard InChI is InChI=1S/C14H23BrN2O2/c1-9(2)14(19-4)12(17-16)8-10-7-11(15)5-6-13(10)18-3/h5-7,9,12,14,17H,8,16H2,1-4H3. The second kappa shape index (κ2) is 7.85. The molecule has 0 radical (unpaired) electrons. The van der Waals surface area contributed by atoms with Gasteiger partial charge in [0.1, 0.15) is 5.75 Å². The van der Waals surface area contributed by atoms with Crippen molar-refractivity contribution in [3.63, 3.8) is 0 Å². The van der Waals surface area contributed by atoms with Gasteiger partial charge in [-0.3, -0.25) is 11.3 Å². The fraction of sp³-hybridized carbons (Fsp3) is 0.571. The second-order valence-electron chi connectivity index (χ2n) is 4.88. The van der Waals surface area contributed by atoms with Gasteiger partial charge in [-0.15, -0.1) is 0 Å². The van der Waals surface area contributed by atoms with Gasteiger partial charge in [0, 0.05) is 11.6 Å². The van der Waals surface area contributed by atoms with Crippen LogP contribution in [-0.2, 0) is 11.2 Å². The van der Waals surface area contributed by atoms with Gasteiger partial charge < -0.3 is 9.47 Å². The summed E-state index contributed by atoms with van der Waals surface area (Å²) >= 11 is 3.48. The first kappa shape index (κ1) is 16.4. The van der Waals surface area contributed by atoms with Gasteiger partial charge in [-0.2, -0.15) is 0 Å². The Kier molecular flexibility index (Phi) is 6.79. The molecule has 0 fully saturated rings. The molecule has 0 aliphatic heterocycles. The molecule has 1 aromatic rings. The third kappa shape index (κ3) is 4.45. The zero-order chi connectivity index (χ0) is 14.4. The van der Waals surface area contributed by atoms with E-state index < -0.39 is 0 Å². The van der Waals surface area contributed by atoms with Gasteiger partial charge in [0.05, 0.1) is 19.3 Å². The fourth-order valence-corrected chi connectivity index (χ4v) is 2.72. The van der Waals surface area contributed by atoms with Crippen LogP contribution in [0.3, 0.4) is 0 Å². The number of hydrogen-bond acceptors (Lipinski definition) is 4. The molecule has 2 atom stereocenters. The minimum atomic E-state index is 0.0354. The van der Waals surface area contributed by atoms with E-state index in [1.807, 2.05) is 12.1 Å². The maximum absolute atomic E-state index is 5.68. The van der Waals surface area contributed by atoms with E-state index in [0.717, 1.165) is 22.2 Å². The predicted molar refractivity (Wildman–Crippen MR) is 81.1 cm³/mol. The zero-order valence-electron chi connectivity index (χ0n) is 11.9. The topological polar surface area (TPSA) is 56.5 Å². The molecule has 0 aromatic heterocycles. The van der Waals surface area contributed by atoms with Crippen LogP contribution in [0.1, 0.15) is 19.4 Å². The van der Waals surface area contributed by atoms with E-state index in [4.69, 9.17) is 15.3 Å². The lowest BCUT2D eigenvalue weighted by molar-refractivity contribution is 0.0331. The van der Waals surface area contributed by atoms with Gasteiger partial charge in [0.2, 0.25) is 0 Å². The second-order valence-corrected chi connectivity index (χ2v) is 5.79. The quantitative estimate of drug-likeness (QED) is 0.595. The highest BCUT2D eigenvalue weighted by Gasteiger charge is 2.24. The molecular formula is C14H23BrN2O2. The number of methoxy groups -OCH3 is 2. The number of hydrogen-bond donors (Lipinski definition) is 2. The first-order valence-corrected chi connectivity index (χ1v) is 7.14. The molecule has 5 heteroatoms. The molecule has 0 heterocycles. The molecule has 4 nitrogen and oxygen atoms in total. The van der Waals surface area contributed by atoms with Crippen LogP contribution in [0.2, 0.25) is 0 Å². The van der Waals surface area contributed by atoms with E-state index >= 15 is 0 Å². The van der Waals surface area contributed by atoms with Crippen molar-refractivity contribution in [2.75, 3.05) is 14.2 Å². The first-order chi connectivity index (χ1) is 9.03. The van der Waals surface area contributed by atoms with Crippen LogP contribution in [0, 0.1) is 5.92 Å². The van der Waals surface area contributed by atoms with E-state index in [2.05, 4.69) is 41.3 Å². The van der Waals surface area contributed by atoms with E-state index in [9.17, 15) is 0 Å². The van der Waals surface area contributed by atoms with Crippen molar-refractivity contribution < 1.29 is 9.47 Å². The molecule has 1 aromatic carbocycles. The normalized spacial score (nSPS) is 14.5. The number of rotatable bonds is 7. The number of hydrazine groups is 1. The summed E-state index contributed by atoms with van der Waals surface area (Å²) in [4.78, 5) is 0. The summed E-state index contributed by atoms with van der Waals surface area (Å²) in [6.45, 7) is 4.24. The van der Waals surface area contributed by atoms with E-state index in [-0.39, 0.29) is 12.1 Å². The van der Waals surface area contributed by atoms with Crippen molar-refractivity contribution in [3.05, 3.63) is 28.2 Å². The Bertz CT molecular complexity index is 399. The third-order valence-corrected chi connectivity index (χ3v) is 3.72. The van der Waals surface area contributed by atoms with E-state index in [1.54, 1.807) is 14.2 Å². The minimum Gasteiger partial charge on any atom is -0.496 e. The number of benzene rings is 1. The van der Waals surface area contributed by atoms with Gasteiger partial charge in [-0.05, 0) is 36.1 Å². The highest BCUT2D eigenvalue weighted by Crippen LogP contribution is 2.25. The first-order valence-electron chi connectivity index (χ1n) is 6.34.